The molecule has 2 N–H and O–H groups in total. The predicted molar refractivity (Wildman–Crippen MR) is 81.0 cm³/mol. The van der Waals surface area contributed by atoms with Gasteiger partial charge in [-0.2, -0.15) is 0 Å². The largest absolute Gasteiger partial charge is 0.481 e. The Balaban J connectivity index is 1.95. The van der Waals surface area contributed by atoms with Gasteiger partial charge in [-0.3, -0.25) is 19.3 Å². The molecule has 0 aromatic heterocycles. The van der Waals surface area contributed by atoms with Crippen LogP contribution in [0.1, 0.15) is 35.7 Å². The number of carbonyl (C=O) groups is 3. The smallest absolute Gasteiger partial charge is 0.303 e. The highest BCUT2D eigenvalue weighted by atomic mass is 16.4. The summed E-state index contributed by atoms with van der Waals surface area (Å²) in [6.45, 7) is 5.48. The molecule has 6 heteroatoms. The topological polar surface area (TPSA) is 86.7 Å². The minimum atomic E-state index is -0.903. The van der Waals surface area contributed by atoms with Crippen LogP contribution >= 0.6 is 0 Å². The van der Waals surface area contributed by atoms with Gasteiger partial charge < -0.3 is 10.4 Å². The molecule has 0 spiro atoms. The molecule has 0 aliphatic carbocycles. The highest BCUT2D eigenvalue weighted by Gasteiger charge is 2.31. The van der Waals surface area contributed by atoms with Crippen molar-refractivity contribution in [3.05, 3.63) is 42.0 Å². The van der Waals surface area contributed by atoms with Crippen LogP contribution in [0.4, 0.5) is 0 Å². The molecular formula is C16H18N2O4. The van der Waals surface area contributed by atoms with Gasteiger partial charge in [0.1, 0.15) is 6.54 Å². The summed E-state index contributed by atoms with van der Waals surface area (Å²) in [6.07, 6.45) is 0.332. The first-order valence-corrected chi connectivity index (χ1v) is 7.01. The van der Waals surface area contributed by atoms with Gasteiger partial charge in [-0.15, -0.1) is 0 Å². The van der Waals surface area contributed by atoms with E-state index in [1.807, 2.05) is 6.07 Å². The van der Waals surface area contributed by atoms with Crippen molar-refractivity contribution in [1.29, 1.82) is 0 Å². The number of nitrogens with zero attached hydrogens (tertiary/aromatic N) is 1. The lowest BCUT2D eigenvalue weighted by Crippen LogP contribution is -2.41. The van der Waals surface area contributed by atoms with E-state index in [0.717, 1.165) is 5.56 Å². The van der Waals surface area contributed by atoms with Crippen molar-refractivity contribution >= 4 is 23.5 Å². The molecule has 1 aliphatic heterocycles. The van der Waals surface area contributed by atoms with Gasteiger partial charge >= 0.3 is 5.97 Å². The van der Waals surface area contributed by atoms with Crippen molar-refractivity contribution in [2.75, 3.05) is 6.54 Å². The first-order valence-electron chi connectivity index (χ1n) is 7.01. The van der Waals surface area contributed by atoms with Gasteiger partial charge in [0.15, 0.2) is 0 Å². The van der Waals surface area contributed by atoms with E-state index in [1.54, 1.807) is 25.1 Å². The minimum Gasteiger partial charge on any atom is -0.481 e. The Kier molecular flexibility index (Phi) is 4.60. The summed E-state index contributed by atoms with van der Waals surface area (Å²) in [4.78, 5) is 36.1. The number of rotatable bonds is 6. The van der Waals surface area contributed by atoms with E-state index >= 15 is 0 Å². The molecular weight excluding hydrogens is 284 g/mol. The summed E-state index contributed by atoms with van der Waals surface area (Å²) < 4.78 is 0. The maximum Gasteiger partial charge on any atom is 0.303 e. The van der Waals surface area contributed by atoms with E-state index in [2.05, 4.69) is 11.9 Å². The van der Waals surface area contributed by atoms with Crippen LogP contribution in [-0.4, -0.2) is 40.4 Å². The standard InChI is InChI=1S/C16H18N2O4/c1-10(7-8-15(20)21)17-14(19)9-18-11(2)12-5-3-4-6-13(12)16(18)22/h3-6,10H,2,7-9H2,1H3,(H,17,19)(H,20,21). The van der Waals surface area contributed by atoms with Crippen LogP contribution in [0, 0.1) is 0 Å². The van der Waals surface area contributed by atoms with Gasteiger partial charge in [0.05, 0.1) is 0 Å². The zero-order valence-electron chi connectivity index (χ0n) is 12.3. The lowest BCUT2D eigenvalue weighted by molar-refractivity contribution is -0.137. The Labute approximate surface area is 128 Å². The molecule has 22 heavy (non-hydrogen) atoms. The molecule has 1 atom stereocenters. The fourth-order valence-corrected chi connectivity index (χ4v) is 2.38. The number of aliphatic carboxylic acids is 1. The quantitative estimate of drug-likeness (QED) is 0.833. The van der Waals surface area contributed by atoms with Crippen LogP contribution in [-0.2, 0) is 9.59 Å². The number of amides is 2. The van der Waals surface area contributed by atoms with Crippen LogP contribution in [0.3, 0.4) is 0 Å². The summed E-state index contributed by atoms with van der Waals surface area (Å²) in [5.41, 5.74) is 1.78. The molecule has 0 saturated heterocycles. The zero-order valence-corrected chi connectivity index (χ0v) is 12.3. The Morgan fingerprint density at radius 2 is 1.95 bits per heavy atom. The van der Waals surface area contributed by atoms with Crippen molar-refractivity contribution in [3.63, 3.8) is 0 Å². The number of fused-ring (bicyclic) bond motifs is 1. The Hall–Kier alpha value is -2.63. The molecule has 1 aliphatic rings. The minimum absolute atomic E-state index is 0.0117. The number of hydrogen-bond acceptors (Lipinski definition) is 3. The average Bonchev–Trinajstić information content (AvgIpc) is 2.71. The number of carbonyl (C=O) groups excluding carboxylic acids is 2. The fourth-order valence-electron chi connectivity index (χ4n) is 2.38. The van der Waals surface area contributed by atoms with Crippen molar-refractivity contribution < 1.29 is 19.5 Å². The van der Waals surface area contributed by atoms with Crippen molar-refractivity contribution in [3.8, 4) is 0 Å². The summed E-state index contributed by atoms with van der Waals surface area (Å²) in [5.74, 6) is -1.48. The SMILES string of the molecule is C=C1c2ccccc2C(=O)N1CC(=O)NC(C)CCC(=O)O. The van der Waals surface area contributed by atoms with Gasteiger partial charge in [0, 0.05) is 29.3 Å². The number of benzene rings is 1. The number of carboxylic acid groups (broad SMARTS) is 1. The molecule has 1 aromatic rings. The van der Waals surface area contributed by atoms with E-state index in [-0.39, 0.29) is 30.8 Å². The second-order valence-corrected chi connectivity index (χ2v) is 5.28. The third-order valence-corrected chi connectivity index (χ3v) is 3.54. The highest BCUT2D eigenvalue weighted by Crippen LogP contribution is 2.30. The Bertz CT molecular complexity index is 604. The lowest BCUT2D eigenvalue weighted by atomic mass is 10.1. The molecule has 0 fully saturated rings. The average molecular weight is 302 g/mol. The van der Waals surface area contributed by atoms with Gasteiger partial charge in [0.2, 0.25) is 5.91 Å². The third-order valence-electron chi connectivity index (χ3n) is 3.54. The zero-order chi connectivity index (χ0) is 16.3. The monoisotopic (exact) mass is 302 g/mol. The van der Waals surface area contributed by atoms with Gasteiger partial charge in [-0.25, -0.2) is 0 Å². The fraction of sp³-hybridized carbons (Fsp3) is 0.312. The Morgan fingerprint density at radius 1 is 1.32 bits per heavy atom. The normalized spacial score (nSPS) is 14.7. The highest BCUT2D eigenvalue weighted by molar-refractivity contribution is 6.10. The van der Waals surface area contributed by atoms with Gasteiger partial charge in [-0.05, 0) is 19.4 Å². The van der Waals surface area contributed by atoms with E-state index in [4.69, 9.17) is 5.11 Å². The van der Waals surface area contributed by atoms with Crippen LogP contribution < -0.4 is 5.32 Å². The second-order valence-electron chi connectivity index (χ2n) is 5.28. The molecule has 1 aromatic carbocycles. The molecule has 1 unspecified atom stereocenters. The van der Waals surface area contributed by atoms with Crippen LogP contribution in [0.15, 0.2) is 30.8 Å². The lowest BCUT2D eigenvalue weighted by Gasteiger charge is -2.19. The van der Waals surface area contributed by atoms with E-state index < -0.39 is 5.97 Å². The van der Waals surface area contributed by atoms with E-state index in [1.165, 1.54) is 4.90 Å². The van der Waals surface area contributed by atoms with Crippen molar-refractivity contribution in [2.45, 2.75) is 25.8 Å². The molecule has 2 amide bonds. The van der Waals surface area contributed by atoms with Gasteiger partial charge in [0.25, 0.3) is 5.91 Å². The summed E-state index contributed by atoms with van der Waals surface area (Å²) in [5, 5.41) is 11.3. The molecule has 6 nitrogen and oxygen atoms in total. The number of nitrogens with one attached hydrogen (secondary N) is 1. The molecule has 2 rings (SSSR count). The first kappa shape index (κ1) is 15.8. The molecule has 0 saturated carbocycles. The third kappa shape index (κ3) is 3.33. The predicted octanol–water partition coefficient (Wildman–Crippen LogP) is 1.48. The van der Waals surface area contributed by atoms with Crippen LogP contribution in [0.2, 0.25) is 0 Å². The van der Waals surface area contributed by atoms with Crippen molar-refractivity contribution in [1.82, 2.24) is 10.2 Å². The number of carboxylic acids is 1. The van der Waals surface area contributed by atoms with Crippen LogP contribution in [0.5, 0.6) is 0 Å². The van der Waals surface area contributed by atoms with E-state index in [9.17, 15) is 14.4 Å². The summed E-state index contributed by atoms with van der Waals surface area (Å²) in [6, 6.07) is 6.81. The van der Waals surface area contributed by atoms with Crippen LogP contribution in [0.25, 0.3) is 5.70 Å². The second kappa shape index (κ2) is 6.43. The summed E-state index contributed by atoms with van der Waals surface area (Å²) >= 11 is 0. The molecule has 116 valence electrons. The summed E-state index contributed by atoms with van der Waals surface area (Å²) in [7, 11) is 0. The maximum absolute atomic E-state index is 12.3. The molecule has 0 radical (unpaired) electrons. The van der Waals surface area contributed by atoms with Crippen molar-refractivity contribution in [2.24, 2.45) is 0 Å². The molecule has 0 bridgehead atoms. The molecule has 1 heterocycles. The Morgan fingerprint density at radius 3 is 2.55 bits per heavy atom. The number of hydrogen-bond donors (Lipinski definition) is 2. The first-order chi connectivity index (χ1) is 10.4. The van der Waals surface area contributed by atoms with Gasteiger partial charge in [-0.1, -0.05) is 24.8 Å². The van der Waals surface area contributed by atoms with E-state index in [0.29, 0.717) is 17.7 Å². The maximum atomic E-state index is 12.3.